The lowest BCUT2D eigenvalue weighted by Gasteiger charge is -2.05. The quantitative estimate of drug-likeness (QED) is 0.621. The van der Waals surface area contributed by atoms with Crippen LogP contribution in [0.2, 0.25) is 0 Å². The van der Waals surface area contributed by atoms with Gasteiger partial charge in [0, 0.05) is 6.20 Å². The zero-order chi connectivity index (χ0) is 16.7. The third kappa shape index (κ3) is 2.23. The number of aromatic nitrogens is 4. The first-order valence-electron chi connectivity index (χ1n) is 7.28. The topological polar surface area (TPSA) is 89.5 Å². The van der Waals surface area contributed by atoms with E-state index in [2.05, 4.69) is 9.97 Å². The van der Waals surface area contributed by atoms with Crippen LogP contribution < -0.4 is 5.56 Å². The monoisotopic (exact) mass is 320 g/mol. The fourth-order valence-electron chi connectivity index (χ4n) is 2.63. The summed E-state index contributed by atoms with van der Waals surface area (Å²) in [5.74, 6) is -0.962. The van der Waals surface area contributed by atoms with Crippen LogP contribution in [0.1, 0.15) is 15.9 Å². The molecule has 0 atom stereocenters. The molecule has 0 bridgehead atoms. The molecule has 1 N–H and O–H groups in total. The Kier molecular flexibility index (Phi) is 3.13. The third-order valence-electron chi connectivity index (χ3n) is 3.84. The van der Waals surface area contributed by atoms with Gasteiger partial charge in [0.25, 0.3) is 5.56 Å². The van der Waals surface area contributed by atoms with Crippen molar-refractivity contribution >= 4 is 22.8 Å². The molecule has 24 heavy (non-hydrogen) atoms. The van der Waals surface area contributed by atoms with Gasteiger partial charge < -0.3 is 9.67 Å². The summed E-state index contributed by atoms with van der Waals surface area (Å²) in [6, 6.07) is 11.9. The highest BCUT2D eigenvalue weighted by Crippen LogP contribution is 2.12. The minimum Gasteiger partial charge on any atom is -0.478 e. The van der Waals surface area contributed by atoms with Gasteiger partial charge in [-0.05, 0) is 29.8 Å². The van der Waals surface area contributed by atoms with Gasteiger partial charge >= 0.3 is 5.97 Å². The Hall–Kier alpha value is -3.48. The van der Waals surface area contributed by atoms with Gasteiger partial charge in [-0.15, -0.1) is 0 Å². The molecule has 0 spiro atoms. The van der Waals surface area contributed by atoms with E-state index in [1.165, 1.54) is 4.40 Å². The zero-order valence-corrected chi connectivity index (χ0v) is 12.5. The van der Waals surface area contributed by atoms with Crippen molar-refractivity contribution in [2.24, 2.45) is 0 Å². The molecule has 0 aliphatic heterocycles. The molecule has 0 aliphatic rings. The van der Waals surface area contributed by atoms with Crippen LogP contribution in [0.15, 0.2) is 59.8 Å². The summed E-state index contributed by atoms with van der Waals surface area (Å²) in [4.78, 5) is 32.1. The molecule has 0 saturated heterocycles. The molecule has 3 aromatic heterocycles. The summed E-state index contributed by atoms with van der Waals surface area (Å²) in [6.45, 7) is 0.450. The molecule has 0 saturated carbocycles. The first-order valence-corrected chi connectivity index (χ1v) is 7.28. The summed E-state index contributed by atoms with van der Waals surface area (Å²) < 4.78 is 3.24. The van der Waals surface area contributed by atoms with Crippen molar-refractivity contribution in [2.75, 3.05) is 0 Å². The summed E-state index contributed by atoms with van der Waals surface area (Å²) >= 11 is 0. The molecule has 0 amide bonds. The Morgan fingerprint density at radius 1 is 1.12 bits per heavy atom. The summed E-state index contributed by atoms with van der Waals surface area (Å²) in [5.41, 5.74) is 2.29. The second-order valence-corrected chi connectivity index (χ2v) is 5.39. The van der Waals surface area contributed by atoms with Crippen LogP contribution in [-0.4, -0.2) is 30.0 Å². The SMILES string of the molecule is O=C(O)c1ccc(Cn2cnc3c(=O)n4ccccc4nc32)cc1. The van der Waals surface area contributed by atoms with Crippen molar-refractivity contribution in [3.05, 3.63) is 76.5 Å². The second kappa shape index (κ2) is 5.31. The van der Waals surface area contributed by atoms with Gasteiger partial charge in [0.15, 0.2) is 11.2 Å². The number of rotatable bonds is 3. The number of carboxylic acid groups (broad SMARTS) is 1. The number of imidazole rings is 1. The van der Waals surface area contributed by atoms with Crippen molar-refractivity contribution < 1.29 is 9.90 Å². The van der Waals surface area contributed by atoms with Gasteiger partial charge in [-0.25, -0.2) is 14.8 Å². The molecule has 4 rings (SSSR count). The summed E-state index contributed by atoms with van der Waals surface area (Å²) in [5, 5.41) is 8.94. The number of nitrogens with zero attached hydrogens (tertiary/aromatic N) is 4. The van der Waals surface area contributed by atoms with Crippen LogP contribution in [0.4, 0.5) is 0 Å². The fraction of sp³-hybridized carbons (Fsp3) is 0.0588. The maximum absolute atomic E-state index is 12.5. The number of hydrogen-bond donors (Lipinski definition) is 1. The summed E-state index contributed by atoms with van der Waals surface area (Å²) in [7, 11) is 0. The number of pyridine rings is 1. The molecule has 0 unspecified atom stereocenters. The number of carboxylic acids is 1. The van der Waals surface area contributed by atoms with Crippen molar-refractivity contribution in [1.82, 2.24) is 18.9 Å². The third-order valence-corrected chi connectivity index (χ3v) is 3.84. The molecule has 0 aliphatic carbocycles. The Labute approximate surface area is 135 Å². The van der Waals surface area contributed by atoms with Crippen LogP contribution >= 0.6 is 0 Å². The fourth-order valence-corrected chi connectivity index (χ4v) is 2.63. The molecule has 0 fully saturated rings. The van der Waals surface area contributed by atoms with Crippen molar-refractivity contribution in [1.29, 1.82) is 0 Å². The van der Waals surface area contributed by atoms with E-state index in [0.29, 0.717) is 23.4 Å². The minimum absolute atomic E-state index is 0.212. The van der Waals surface area contributed by atoms with E-state index in [1.54, 1.807) is 53.5 Å². The average Bonchev–Trinajstić information content (AvgIpc) is 2.99. The van der Waals surface area contributed by atoms with Crippen LogP contribution in [0, 0.1) is 0 Å². The highest BCUT2D eigenvalue weighted by molar-refractivity contribution is 5.87. The van der Waals surface area contributed by atoms with E-state index < -0.39 is 5.97 Å². The Morgan fingerprint density at radius 3 is 2.67 bits per heavy atom. The van der Waals surface area contributed by atoms with E-state index in [1.807, 2.05) is 6.07 Å². The highest BCUT2D eigenvalue weighted by atomic mass is 16.4. The van der Waals surface area contributed by atoms with Crippen LogP contribution in [0.25, 0.3) is 16.8 Å². The standard InChI is InChI=1S/C17H12N4O3/c22-16-14-15(19-13-3-1-2-8-21(13)16)20(10-18-14)9-11-4-6-12(7-5-11)17(23)24/h1-8,10H,9H2,(H,23,24). The molecule has 3 heterocycles. The molecular formula is C17H12N4O3. The van der Waals surface area contributed by atoms with Gasteiger partial charge in [0.2, 0.25) is 0 Å². The number of benzene rings is 1. The minimum atomic E-state index is -0.962. The molecule has 0 radical (unpaired) electrons. The Balaban J connectivity index is 1.80. The lowest BCUT2D eigenvalue weighted by atomic mass is 10.1. The van der Waals surface area contributed by atoms with Crippen molar-refractivity contribution in [2.45, 2.75) is 6.54 Å². The first kappa shape index (κ1) is 14.1. The molecule has 1 aromatic carbocycles. The largest absolute Gasteiger partial charge is 0.478 e. The maximum atomic E-state index is 12.5. The van der Waals surface area contributed by atoms with Gasteiger partial charge in [0.1, 0.15) is 5.65 Å². The number of fused-ring (bicyclic) bond motifs is 2. The van der Waals surface area contributed by atoms with Gasteiger partial charge in [-0.1, -0.05) is 18.2 Å². The maximum Gasteiger partial charge on any atom is 0.335 e. The van der Waals surface area contributed by atoms with Crippen LogP contribution in [0.3, 0.4) is 0 Å². The highest BCUT2D eigenvalue weighted by Gasteiger charge is 2.11. The predicted octanol–water partition coefficient (Wildman–Crippen LogP) is 1.79. The van der Waals surface area contributed by atoms with E-state index >= 15 is 0 Å². The molecular weight excluding hydrogens is 308 g/mol. The van der Waals surface area contributed by atoms with Gasteiger partial charge in [-0.3, -0.25) is 9.20 Å². The smallest absolute Gasteiger partial charge is 0.335 e. The predicted molar refractivity (Wildman–Crippen MR) is 87.3 cm³/mol. The Bertz CT molecular complexity index is 1130. The van der Waals surface area contributed by atoms with Crippen molar-refractivity contribution in [3.8, 4) is 0 Å². The molecule has 118 valence electrons. The molecule has 7 nitrogen and oxygen atoms in total. The van der Waals surface area contributed by atoms with Crippen molar-refractivity contribution in [3.63, 3.8) is 0 Å². The second-order valence-electron chi connectivity index (χ2n) is 5.39. The number of aromatic carboxylic acids is 1. The van der Waals surface area contributed by atoms with Crippen LogP contribution in [-0.2, 0) is 6.54 Å². The zero-order valence-electron chi connectivity index (χ0n) is 12.5. The van der Waals surface area contributed by atoms with Crippen LogP contribution in [0.5, 0.6) is 0 Å². The number of carbonyl (C=O) groups is 1. The average molecular weight is 320 g/mol. The van der Waals surface area contributed by atoms with E-state index in [4.69, 9.17) is 5.11 Å². The van der Waals surface area contributed by atoms with E-state index in [-0.39, 0.29) is 11.1 Å². The lowest BCUT2D eigenvalue weighted by Crippen LogP contribution is -2.15. The number of hydrogen-bond acceptors (Lipinski definition) is 4. The Morgan fingerprint density at radius 2 is 1.92 bits per heavy atom. The van der Waals surface area contributed by atoms with E-state index in [0.717, 1.165) is 5.56 Å². The molecule has 7 heteroatoms. The normalized spacial score (nSPS) is 11.2. The van der Waals surface area contributed by atoms with Gasteiger partial charge in [-0.2, -0.15) is 0 Å². The van der Waals surface area contributed by atoms with Gasteiger partial charge in [0.05, 0.1) is 18.4 Å². The van der Waals surface area contributed by atoms with E-state index in [9.17, 15) is 9.59 Å². The summed E-state index contributed by atoms with van der Waals surface area (Å²) in [6.07, 6.45) is 3.23. The lowest BCUT2D eigenvalue weighted by molar-refractivity contribution is 0.0697. The molecule has 4 aromatic rings. The first-order chi connectivity index (χ1) is 11.6.